The molecule has 0 aliphatic rings. The maximum atomic E-state index is 11.8. The van der Waals surface area contributed by atoms with Crippen molar-refractivity contribution >= 4 is 17.5 Å². The highest BCUT2D eigenvalue weighted by Gasteiger charge is 2.07. The van der Waals surface area contributed by atoms with Crippen molar-refractivity contribution in [3.8, 4) is 0 Å². The molecule has 0 heterocycles. The molecule has 0 saturated carbocycles. The molecule has 0 bridgehead atoms. The summed E-state index contributed by atoms with van der Waals surface area (Å²) in [5.41, 5.74) is 1.99. The Morgan fingerprint density at radius 1 is 1.44 bits per heavy atom. The molecule has 1 rings (SSSR count). The first-order chi connectivity index (χ1) is 7.63. The van der Waals surface area contributed by atoms with Crippen molar-refractivity contribution in [2.75, 3.05) is 11.5 Å². The summed E-state index contributed by atoms with van der Waals surface area (Å²) in [5, 5.41) is 0. The molecule has 1 aromatic rings. The normalized spacial score (nSPS) is 12.4. The van der Waals surface area contributed by atoms with Gasteiger partial charge in [0, 0.05) is 5.56 Å². The van der Waals surface area contributed by atoms with Crippen LogP contribution in [-0.2, 0) is 0 Å². The first-order valence-electron chi connectivity index (χ1n) is 5.81. The van der Waals surface area contributed by atoms with Crippen molar-refractivity contribution in [3.05, 3.63) is 35.4 Å². The largest absolute Gasteiger partial charge is 0.293 e. The number of hydrogen-bond donors (Lipinski definition) is 0. The average molecular weight is 236 g/mol. The van der Waals surface area contributed by atoms with Gasteiger partial charge in [-0.3, -0.25) is 4.79 Å². The minimum Gasteiger partial charge on any atom is -0.293 e. The summed E-state index contributed by atoms with van der Waals surface area (Å²) in [6, 6.07) is 7.83. The molecule has 0 spiro atoms. The molecule has 0 aliphatic heterocycles. The highest BCUT2D eigenvalue weighted by Crippen LogP contribution is 2.14. The van der Waals surface area contributed by atoms with E-state index in [1.807, 2.05) is 31.2 Å². The number of hydrogen-bond acceptors (Lipinski definition) is 2. The predicted molar refractivity (Wildman–Crippen MR) is 72.3 cm³/mol. The van der Waals surface area contributed by atoms with E-state index >= 15 is 0 Å². The minimum atomic E-state index is 0.247. The summed E-state index contributed by atoms with van der Waals surface area (Å²) in [6.45, 7) is 6.43. The van der Waals surface area contributed by atoms with Gasteiger partial charge in [0.15, 0.2) is 5.78 Å². The van der Waals surface area contributed by atoms with E-state index in [4.69, 9.17) is 0 Å². The lowest BCUT2D eigenvalue weighted by molar-refractivity contribution is 0.102. The van der Waals surface area contributed by atoms with Crippen LogP contribution in [0.15, 0.2) is 24.3 Å². The van der Waals surface area contributed by atoms with Gasteiger partial charge in [0.1, 0.15) is 0 Å². The monoisotopic (exact) mass is 236 g/mol. The fourth-order valence-corrected chi connectivity index (χ4v) is 2.48. The Labute approximate surface area is 103 Å². The SMILES string of the molecule is CCC(C)CSCC(=O)c1cccc(C)c1. The van der Waals surface area contributed by atoms with E-state index in [1.165, 1.54) is 6.42 Å². The zero-order valence-electron chi connectivity index (χ0n) is 10.3. The van der Waals surface area contributed by atoms with Gasteiger partial charge in [-0.25, -0.2) is 0 Å². The van der Waals surface area contributed by atoms with Crippen molar-refractivity contribution in [3.63, 3.8) is 0 Å². The highest BCUT2D eigenvalue weighted by atomic mass is 32.2. The summed E-state index contributed by atoms with van der Waals surface area (Å²) < 4.78 is 0. The van der Waals surface area contributed by atoms with E-state index in [0.29, 0.717) is 11.7 Å². The molecule has 0 fully saturated rings. The first-order valence-corrected chi connectivity index (χ1v) is 6.96. The first kappa shape index (κ1) is 13.3. The topological polar surface area (TPSA) is 17.1 Å². The molecule has 1 nitrogen and oxygen atoms in total. The molecular weight excluding hydrogens is 216 g/mol. The van der Waals surface area contributed by atoms with Crippen molar-refractivity contribution in [2.24, 2.45) is 5.92 Å². The van der Waals surface area contributed by atoms with E-state index in [1.54, 1.807) is 11.8 Å². The van der Waals surface area contributed by atoms with Crippen molar-refractivity contribution in [1.29, 1.82) is 0 Å². The molecular formula is C14H20OS. The van der Waals surface area contributed by atoms with Crippen LogP contribution >= 0.6 is 11.8 Å². The zero-order valence-corrected chi connectivity index (χ0v) is 11.1. The van der Waals surface area contributed by atoms with E-state index in [9.17, 15) is 4.79 Å². The Hall–Kier alpha value is -0.760. The molecule has 0 aromatic heterocycles. The zero-order chi connectivity index (χ0) is 12.0. The molecule has 1 unspecified atom stereocenters. The van der Waals surface area contributed by atoms with E-state index in [-0.39, 0.29) is 5.78 Å². The van der Waals surface area contributed by atoms with Crippen LogP contribution in [0.4, 0.5) is 0 Å². The average Bonchev–Trinajstić information content (AvgIpc) is 2.28. The second-order valence-electron chi connectivity index (χ2n) is 4.32. The van der Waals surface area contributed by atoms with E-state index < -0.39 is 0 Å². The summed E-state index contributed by atoms with van der Waals surface area (Å²) in [5.74, 6) is 2.63. The van der Waals surface area contributed by atoms with Gasteiger partial charge in [-0.15, -0.1) is 0 Å². The van der Waals surface area contributed by atoms with Crippen molar-refractivity contribution in [1.82, 2.24) is 0 Å². The number of Topliss-reactive ketones (excluding diaryl/α,β-unsaturated/α-hetero) is 1. The van der Waals surface area contributed by atoms with Gasteiger partial charge in [0.2, 0.25) is 0 Å². The molecule has 88 valence electrons. The van der Waals surface area contributed by atoms with Gasteiger partial charge in [0.05, 0.1) is 5.75 Å². The third-order valence-electron chi connectivity index (χ3n) is 2.67. The fourth-order valence-electron chi connectivity index (χ4n) is 1.37. The van der Waals surface area contributed by atoms with Crippen LogP contribution in [-0.4, -0.2) is 17.3 Å². The van der Waals surface area contributed by atoms with Gasteiger partial charge in [0.25, 0.3) is 0 Å². The lowest BCUT2D eigenvalue weighted by atomic mass is 10.1. The number of carbonyl (C=O) groups excluding carboxylic acids is 1. The quantitative estimate of drug-likeness (QED) is 0.695. The Morgan fingerprint density at radius 3 is 2.81 bits per heavy atom. The number of carbonyl (C=O) groups is 1. The van der Waals surface area contributed by atoms with Crippen LogP contribution in [0.25, 0.3) is 0 Å². The third-order valence-corrected chi connectivity index (χ3v) is 3.94. The number of aryl methyl sites for hydroxylation is 1. The van der Waals surface area contributed by atoms with E-state index in [0.717, 1.165) is 16.9 Å². The molecule has 2 heteroatoms. The van der Waals surface area contributed by atoms with Crippen LogP contribution in [0, 0.1) is 12.8 Å². The summed E-state index contributed by atoms with van der Waals surface area (Å²) >= 11 is 1.75. The second-order valence-corrected chi connectivity index (χ2v) is 5.35. The lowest BCUT2D eigenvalue weighted by Gasteiger charge is -2.07. The van der Waals surface area contributed by atoms with Gasteiger partial charge in [-0.1, -0.05) is 44.0 Å². The highest BCUT2D eigenvalue weighted by molar-refractivity contribution is 7.99. The number of thioether (sulfide) groups is 1. The summed E-state index contributed by atoms with van der Waals surface area (Å²) in [4.78, 5) is 11.8. The van der Waals surface area contributed by atoms with Gasteiger partial charge in [-0.2, -0.15) is 11.8 Å². The Kier molecular flexibility index (Phi) is 5.61. The van der Waals surface area contributed by atoms with Crippen LogP contribution in [0.3, 0.4) is 0 Å². The molecule has 0 saturated heterocycles. The number of rotatable bonds is 6. The standard InChI is InChI=1S/C14H20OS/c1-4-11(2)9-16-10-14(15)13-7-5-6-12(3)8-13/h5-8,11H,4,9-10H2,1-3H3. The molecule has 1 aromatic carbocycles. The lowest BCUT2D eigenvalue weighted by Crippen LogP contribution is -2.05. The smallest absolute Gasteiger partial charge is 0.172 e. The molecule has 0 radical (unpaired) electrons. The molecule has 0 amide bonds. The van der Waals surface area contributed by atoms with Crippen LogP contribution in [0.5, 0.6) is 0 Å². The summed E-state index contributed by atoms with van der Waals surface area (Å²) in [7, 11) is 0. The Bertz CT molecular complexity index is 346. The fraction of sp³-hybridized carbons (Fsp3) is 0.500. The minimum absolute atomic E-state index is 0.247. The molecule has 0 aliphatic carbocycles. The van der Waals surface area contributed by atoms with Crippen LogP contribution < -0.4 is 0 Å². The van der Waals surface area contributed by atoms with E-state index in [2.05, 4.69) is 13.8 Å². The van der Waals surface area contributed by atoms with Gasteiger partial charge in [-0.05, 0) is 24.7 Å². The predicted octanol–water partition coefficient (Wildman–Crippen LogP) is 3.96. The second kappa shape index (κ2) is 6.74. The third kappa shape index (κ3) is 4.40. The number of benzene rings is 1. The maximum absolute atomic E-state index is 11.8. The molecule has 1 atom stereocenters. The number of ketones is 1. The van der Waals surface area contributed by atoms with Crippen molar-refractivity contribution < 1.29 is 4.79 Å². The summed E-state index contributed by atoms with van der Waals surface area (Å²) in [6.07, 6.45) is 1.19. The maximum Gasteiger partial charge on any atom is 0.172 e. The van der Waals surface area contributed by atoms with Gasteiger partial charge < -0.3 is 0 Å². The van der Waals surface area contributed by atoms with Crippen LogP contribution in [0.2, 0.25) is 0 Å². The van der Waals surface area contributed by atoms with Gasteiger partial charge >= 0.3 is 0 Å². The Balaban J connectivity index is 2.41. The van der Waals surface area contributed by atoms with Crippen LogP contribution in [0.1, 0.15) is 36.2 Å². The van der Waals surface area contributed by atoms with Crippen molar-refractivity contribution in [2.45, 2.75) is 27.2 Å². The Morgan fingerprint density at radius 2 is 2.19 bits per heavy atom. The molecule has 0 N–H and O–H groups in total. The molecule has 16 heavy (non-hydrogen) atoms.